The molecule has 204 valence electrons. The zero-order valence-corrected chi connectivity index (χ0v) is 23.1. The van der Waals surface area contributed by atoms with Crippen LogP contribution in [0.4, 0.5) is 0 Å². The maximum absolute atomic E-state index is 13.8. The summed E-state index contributed by atoms with van der Waals surface area (Å²) in [5.74, 6) is 3.11. The van der Waals surface area contributed by atoms with Crippen LogP contribution in [0.3, 0.4) is 0 Å². The highest BCUT2D eigenvalue weighted by Crippen LogP contribution is 2.34. The third kappa shape index (κ3) is 5.93. The van der Waals surface area contributed by atoms with E-state index in [2.05, 4.69) is 0 Å². The number of amides is 1. The van der Waals surface area contributed by atoms with Gasteiger partial charge in [0.2, 0.25) is 0 Å². The summed E-state index contributed by atoms with van der Waals surface area (Å²) in [5.41, 5.74) is 3.52. The van der Waals surface area contributed by atoms with Crippen molar-refractivity contribution in [3.8, 4) is 45.7 Å². The summed E-state index contributed by atoms with van der Waals surface area (Å²) in [6.45, 7) is 0.489. The Balaban J connectivity index is 1.67. The smallest absolute Gasteiger partial charge is 0.272 e. The second-order valence-corrected chi connectivity index (χ2v) is 8.76. The molecule has 0 bridgehead atoms. The predicted molar refractivity (Wildman–Crippen MR) is 149 cm³/mol. The molecule has 3 aromatic carbocycles. The summed E-state index contributed by atoms with van der Waals surface area (Å²) < 4.78 is 28.6. The maximum Gasteiger partial charge on any atom is 0.272 e. The van der Waals surface area contributed by atoms with Crippen LogP contribution in [-0.2, 0) is 6.42 Å². The standard InChI is InChI=1S/C30H33N3O6/c1-32(16-15-20-7-14-27(37-4)29(17-20)39-6)30(34)26-19-25(24-13-12-23(36-3)18-28(24)38-5)31-33(26)21-8-10-22(35-2)11-9-21/h7-14,17-19H,15-16H2,1-6H3. The number of carbonyl (C=O) groups excluding carboxylic acids is 1. The Hall–Kier alpha value is -4.66. The van der Waals surface area contributed by atoms with Crippen LogP contribution in [0.5, 0.6) is 28.7 Å². The second-order valence-electron chi connectivity index (χ2n) is 8.76. The van der Waals surface area contributed by atoms with E-state index in [1.165, 1.54) is 0 Å². The lowest BCUT2D eigenvalue weighted by Crippen LogP contribution is -2.30. The van der Waals surface area contributed by atoms with Crippen molar-refractivity contribution in [3.63, 3.8) is 0 Å². The number of methoxy groups -OCH3 is 5. The number of hydrogen-bond acceptors (Lipinski definition) is 7. The lowest BCUT2D eigenvalue weighted by atomic mass is 10.1. The van der Waals surface area contributed by atoms with Crippen LogP contribution in [-0.4, -0.2) is 69.7 Å². The van der Waals surface area contributed by atoms with Gasteiger partial charge in [0.1, 0.15) is 22.9 Å². The normalized spacial score (nSPS) is 10.6. The van der Waals surface area contributed by atoms with E-state index in [0.717, 1.165) is 16.8 Å². The molecular weight excluding hydrogens is 498 g/mol. The number of likely N-dealkylation sites (N-methyl/N-ethyl adjacent to an activating group) is 1. The Kier molecular flexibility index (Phi) is 8.60. The number of ether oxygens (including phenoxy) is 5. The highest BCUT2D eigenvalue weighted by Gasteiger charge is 2.22. The molecule has 0 saturated heterocycles. The second kappa shape index (κ2) is 12.3. The van der Waals surface area contributed by atoms with Gasteiger partial charge in [-0.1, -0.05) is 6.07 Å². The molecule has 1 heterocycles. The molecule has 0 fully saturated rings. The number of rotatable bonds is 11. The molecule has 4 aromatic rings. The third-order valence-corrected chi connectivity index (χ3v) is 6.46. The van der Waals surface area contributed by atoms with Crippen LogP contribution in [0.2, 0.25) is 0 Å². The molecule has 9 nitrogen and oxygen atoms in total. The minimum atomic E-state index is -0.169. The van der Waals surface area contributed by atoms with E-state index in [4.69, 9.17) is 28.8 Å². The van der Waals surface area contributed by atoms with Gasteiger partial charge in [0.15, 0.2) is 11.5 Å². The summed E-state index contributed by atoms with van der Waals surface area (Å²) >= 11 is 0. The van der Waals surface area contributed by atoms with Gasteiger partial charge in [0.05, 0.1) is 46.9 Å². The molecule has 0 atom stereocenters. The lowest BCUT2D eigenvalue weighted by molar-refractivity contribution is 0.0787. The van der Waals surface area contributed by atoms with Crippen molar-refractivity contribution in [2.75, 3.05) is 49.1 Å². The van der Waals surface area contributed by atoms with Gasteiger partial charge in [-0.25, -0.2) is 4.68 Å². The fourth-order valence-electron chi connectivity index (χ4n) is 4.23. The van der Waals surface area contributed by atoms with Gasteiger partial charge in [-0.3, -0.25) is 4.79 Å². The largest absolute Gasteiger partial charge is 0.497 e. The first kappa shape index (κ1) is 27.4. The first-order chi connectivity index (χ1) is 18.9. The zero-order valence-electron chi connectivity index (χ0n) is 23.1. The van der Waals surface area contributed by atoms with Crippen LogP contribution in [0, 0.1) is 0 Å². The summed E-state index contributed by atoms with van der Waals surface area (Å²) in [6.07, 6.45) is 0.637. The van der Waals surface area contributed by atoms with Crippen LogP contribution in [0.25, 0.3) is 16.9 Å². The van der Waals surface area contributed by atoms with Crippen LogP contribution < -0.4 is 23.7 Å². The molecule has 0 aliphatic heterocycles. The van der Waals surface area contributed by atoms with Gasteiger partial charge < -0.3 is 28.6 Å². The van der Waals surface area contributed by atoms with Crippen molar-refractivity contribution < 1.29 is 28.5 Å². The van der Waals surface area contributed by atoms with E-state index >= 15 is 0 Å². The van der Waals surface area contributed by atoms with Crippen molar-refractivity contribution in [1.82, 2.24) is 14.7 Å². The van der Waals surface area contributed by atoms with Gasteiger partial charge in [0, 0.05) is 25.2 Å². The molecule has 4 rings (SSSR count). The van der Waals surface area contributed by atoms with E-state index in [-0.39, 0.29) is 5.91 Å². The van der Waals surface area contributed by atoms with E-state index in [1.54, 1.807) is 64.3 Å². The third-order valence-electron chi connectivity index (χ3n) is 6.46. The van der Waals surface area contributed by atoms with Gasteiger partial charge in [0.25, 0.3) is 5.91 Å². The van der Waals surface area contributed by atoms with Gasteiger partial charge in [-0.15, -0.1) is 0 Å². The molecule has 0 spiro atoms. The fraction of sp³-hybridized carbons (Fsp3) is 0.267. The van der Waals surface area contributed by atoms with Crippen molar-refractivity contribution in [3.05, 3.63) is 78.0 Å². The quantitative estimate of drug-likeness (QED) is 0.272. The van der Waals surface area contributed by atoms with E-state index in [9.17, 15) is 4.79 Å². The summed E-state index contributed by atoms with van der Waals surface area (Å²) in [5, 5.41) is 4.81. The van der Waals surface area contributed by atoms with Crippen molar-refractivity contribution in [2.45, 2.75) is 6.42 Å². The van der Waals surface area contributed by atoms with Crippen molar-refractivity contribution in [2.24, 2.45) is 0 Å². The van der Waals surface area contributed by atoms with Crippen LogP contribution in [0.15, 0.2) is 66.7 Å². The number of carbonyl (C=O) groups is 1. The molecule has 0 unspecified atom stereocenters. The molecule has 9 heteroatoms. The molecule has 1 amide bonds. The molecule has 0 radical (unpaired) electrons. The predicted octanol–water partition coefficient (Wildman–Crippen LogP) is 4.90. The number of hydrogen-bond donors (Lipinski definition) is 0. The number of nitrogens with zero attached hydrogens (tertiary/aromatic N) is 3. The number of aromatic nitrogens is 2. The van der Waals surface area contributed by atoms with E-state index < -0.39 is 0 Å². The van der Waals surface area contributed by atoms with Crippen molar-refractivity contribution >= 4 is 5.91 Å². The first-order valence-electron chi connectivity index (χ1n) is 12.4. The fourth-order valence-corrected chi connectivity index (χ4v) is 4.23. The summed E-state index contributed by atoms with van der Waals surface area (Å²) in [4.78, 5) is 15.4. The first-order valence-corrected chi connectivity index (χ1v) is 12.4. The topological polar surface area (TPSA) is 84.3 Å². The monoisotopic (exact) mass is 531 g/mol. The van der Waals surface area contributed by atoms with Gasteiger partial charge in [-0.05, 0) is 66.6 Å². The maximum atomic E-state index is 13.8. The SMILES string of the molecule is COc1ccc(-n2nc(-c3ccc(OC)cc3OC)cc2C(=O)N(C)CCc2ccc(OC)c(OC)c2)cc1. The Morgan fingerprint density at radius 1 is 0.744 bits per heavy atom. The van der Waals surface area contributed by atoms with E-state index in [1.807, 2.05) is 54.6 Å². The molecule has 0 saturated carbocycles. The Morgan fingerprint density at radius 3 is 2.05 bits per heavy atom. The average molecular weight is 532 g/mol. The van der Waals surface area contributed by atoms with E-state index in [0.29, 0.717) is 53.1 Å². The molecule has 0 aliphatic rings. The molecule has 0 aliphatic carbocycles. The van der Waals surface area contributed by atoms with Crippen molar-refractivity contribution in [1.29, 1.82) is 0 Å². The van der Waals surface area contributed by atoms with Crippen LogP contribution >= 0.6 is 0 Å². The molecule has 1 aromatic heterocycles. The highest BCUT2D eigenvalue weighted by atomic mass is 16.5. The molecule has 0 N–H and O–H groups in total. The minimum absolute atomic E-state index is 0.169. The highest BCUT2D eigenvalue weighted by molar-refractivity contribution is 5.94. The number of benzene rings is 3. The summed E-state index contributed by atoms with van der Waals surface area (Å²) in [6, 6.07) is 20.4. The Labute approximate surface area is 228 Å². The Morgan fingerprint density at radius 2 is 1.41 bits per heavy atom. The molecule has 39 heavy (non-hydrogen) atoms. The van der Waals surface area contributed by atoms with Gasteiger partial charge in [-0.2, -0.15) is 5.10 Å². The molecular formula is C30H33N3O6. The minimum Gasteiger partial charge on any atom is -0.497 e. The van der Waals surface area contributed by atoms with Gasteiger partial charge >= 0.3 is 0 Å². The summed E-state index contributed by atoms with van der Waals surface area (Å²) in [7, 11) is 9.79. The Bertz CT molecular complexity index is 1430. The van der Waals surface area contributed by atoms with Crippen LogP contribution in [0.1, 0.15) is 16.1 Å². The zero-order chi connectivity index (χ0) is 27.9. The average Bonchev–Trinajstić information content (AvgIpc) is 3.44. The lowest BCUT2D eigenvalue weighted by Gasteiger charge is -2.18.